The zero-order valence-electron chi connectivity index (χ0n) is 18.1. The third-order valence-electron chi connectivity index (χ3n) is 5.59. The fourth-order valence-corrected chi connectivity index (χ4v) is 4.40. The van der Waals surface area contributed by atoms with Crippen molar-refractivity contribution >= 4 is 45.3 Å². The Morgan fingerprint density at radius 3 is 2.68 bits per heavy atom. The molecule has 1 amide bonds. The molecule has 0 atom stereocenters. The zero-order valence-corrected chi connectivity index (χ0v) is 19.0. The van der Waals surface area contributed by atoms with E-state index in [4.69, 9.17) is 9.72 Å². The van der Waals surface area contributed by atoms with Gasteiger partial charge in [0.15, 0.2) is 5.16 Å². The molecule has 0 saturated heterocycles. The molecular formula is C23H24N4O3S. The molecule has 0 saturated carbocycles. The number of carbonyl (C=O) groups is 1. The number of thioether (sulfide) groups is 1. The number of hydrogen-bond acceptors (Lipinski definition) is 5. The number of rotatable bonds is 5. The number of carbonyl (C=O) groups excluding carboxylic acids is 1. The molecule has 2 aromatic carbocycles. The Hall–Kier alpha value is -3.26. The van der Waals surface area contributed by atoms with Crippen LogP contribution in [0.3, 0.4) is 0 Å². The summed E-state index contributed by atoms with van der Waals surface area (Å²) in [6.07, 6.45) is 0. The number of amides is 1. The van der Waals surface area contributed by atoms with Crippen molar-refractivity contribution in [2.75, 3.05) is 18.2 Å². The number of nitrogens with one attached hydrogen (secondary N) is 1. The summed E-state index contributed by atoms with van der Waals surface area (Å²) in [5.74, 6) is 0.699. The van der Waals surface area contributed by atoms with Gasteiger partial charge in [0.1, 0.15) is 16.8 Å². The van der Waals surface area contributed by atoms with Gasteiger partial charge in [0.2, 0.25) is 5.91 Å². The minimum absolute atomic E-state index is 0.146. The summed E-state index contributed by atoms with van der Waals surface area (Å²) in [4.78, 5) is 30.4. The molecule has 160 valence electrons. The van der Waals surface area contributed by atoms with Gasteiger partial charge in [-0.3, -0.25) is 14.2 Å². The number of fused-ring (bicyclic) bond motifs is 3. The smallest absolute Gasteiger partial charge is 0.278 e. The van der Waals surface area contributed by atoms with Gasteiger partial charge in [0, 0.05) is 25.2 Å². The topological polar surface area (TPSA) is 78.2 Å². The number of hydrogen-bond donors (Lipinski definition) is 1. The lowest BCUT2D eigenvalue weighted by molar-refractivity contribution is -0.113. The van der Waals surface area contributed by atoms with Gasteiger partial charge in [-0.1, -0.05) is 23.9 Å². The van der Waals surface area contributed by atoms with Crippen LogP contribution in [0, 0.1) is 13.8 Å². The van der Waals surface area contributed by atoms with Crippen LogP contribution in [0.15, 0.2) is 46.3 Å². The first-order chi connectivity index (χ1) is 14.8. The minimum Gasteiger partial charge on any atom is -0.497 e. The van der Waals surface area contributed by atoms with Crippen molar-refractivity contribution in [2.24, 2.45) is 14.1 Å². The molecule has 7 nitrogen and oxygen atoms in total. The largest absolute Gasteiger partial charge is 0.497 e. The number of methoxy groups -OCH3 is 1. The second kappa shape index (κ2) is 8.11. The van der Waals surface area contributed by atoms with Crippen molar-refractivity contribution in [3.05, 3.63) is 57.9 Å². The first kappa shape index (κ1) is 21.0. The molecule has 4 aromatic rings. The van der Waals surface area contributed by atoms with Crippen LogP contribution in [0.4, 0.5) is 5.69 Å². The standard InChI is InChI=1S/C23H24N4O3S/c1-13-7-6-8-17(14(13)2)24-19(28)12-31-23-25-20-16-11-15(30-5)9-10-18(16)26(3)21(20)22(29)27(23)4/h6-11H,12H2,1-5H3,(H,24,28). The van der Waals surface area contributed by atoms with Crippen LogP contribution in [-0.4, -0.2) is 32.9 Å². The van der Waals surface area contributed by atoms with Crippen molar-refractivity contribution in [3.8, 4) is 5.75 Å². The van der Waals surface area contributed by atoms with Gasteiger partial charge < -0.3 is 14.6 Å². The Balaban J connectivity index is 1.67. The average Bonchev–Trinajstić information content (AvgIpc) is 3.04. The molecule has 8 heteroatoms. The van der Waals surface area contributed by atoms with Crippen LogP contribution in [0.2, 0.25) is 0 Å². The van der Waals surface area contributed by atoms with Crippen LogP contribution in [-0.2, 0) is 18.9 Å². The normalized spacial score (nSPS) is 11.3. The first-order valence-electron chi connectivity index (χ1n) is 9.84. The molecule has 31 heavy (non-hydrogen) atoms. The summed E-state index contributed by atoms with van der Waals surface area (Å²) in [5, 5.41) is 4.28. The Morgan fingerprint density at radius 1 is 1.16 bits per heavy atom. The minimum atomic E-state index is -0.153. The predicted octanol–water partition coefficient (Wildman–Crippen LogP) is 3.78. The van der Waals surface area contributed by atoms with Gasteiger partial charge in [0.25, 0.3) is 5.56 Å². The molecule has 0 spiro atoms. The summed E-state index contributed by atoms with van der Waals surface area (Å²) in [6, 6.07) is 11.5. The van der Waals surface area contributed by atoms with Crippen molar-refractivity contribution in [1.29, 1.82) is 0 Å². The van der Waals surface area contributed by atoms with E-state index in [0.717, 1.165) is 27.7 Å². The molecule has 0 radical (unpaired) electrons. The second-order valence-corrected chi connectivity index (χ2v) is 8.42. The molecule has 0 aliphatic heterocycles. The molecule has 0 aliphatic rings. The summed E-state index contributed by atoms with van der Waals surface area (Å²) in [6.45, 7) is 3.99. The van der Waals surface area contributed by atoms with Gasteiger partial charge in [0.05, 0.1) is 18.4 Å². The molecule has 0 unspecified atom stereocenters. The maximum Gasteiger partial charge on any atom is 0.278 e. The molecule has 1 N–H and O–H groups in total. The zero-order chi connectivity index (χ0) is 22.3. The SMILES string of the molecule is COc1ccc2c(c1)c1nc(SCC(=O)Nc3cccc(C)c3C)n(C)c(=O)c1n2C. The second-order valence-electron chi connectivity index (χ2n) is 7.48. The number of aryl methyl sites for hydroxylation is 2. The van der Waals surface area contributed by atoms with Crippen molar-refractivity contribution < 1.29 is 9.53 Å². The number of anilines is 1. The lowest BCUT2D eigenvalue weighted by atomic mass is 10.1. The highest BCUT2D eigenvalue weighted by molar-refractivity contribution is 7.99. The summed E-state index contributed by atoms with van der Waals surface area (Å²) < 4.78 is 8.68. The third-order valence-corrected chi connectivity index (χ3v) is 6.62. The number of nitrogens with zero attached hydrogens (tertiary/aromatic N) is 3. The lowest BCUT2D eigenvalue weighted by Crippen LogP contribution is -2.22. The Kier molecular flexibility index (Phi) is 5.49. The number of aromatic nitrogens is 3. The molecule has 4 rings (SSSR count). The maximum absolute atomic E-state index is 13.1. The summed E-state index contributed by atoms with van der Waals surface area (Å²) >= 11 is 1.24. The third kappa shape index (κ3) is 3.67. The fourth-order valence-electron chi connectivity index (χ4n) is 3.64. The predicted molar refractivity (Wildman–Crippen MR) is 125 cm³/mol. The van der Waals surface area contributed by atoms with E-state index in [1.165, 1.54) is 16.3 Å². The Bertz CT molecular complexity index is 1390. The van der Waals surface area contributed by atoms with E-state index >= 15 is 0 Å². The van der Waals surface area contributed by atoms with E-state index in [1.807, 2.05) is 61.9 Å². The Morgan fingerprint density at radius 2 is 1.94 bits per heavy atom. The highest BCUT2D eigenvalue weighted by Gasteiger charge is 2.18. The van der Waals surface area contributed by atoms with Crippen molar-refractivity contribution in [1.82, 2.24) is 14.1 Å². The highest BCUT2D eigenvalue weighted by Crippen LogP contribution is 2.29. The first-order valence-corrected chi connectivity index (χ1v) is 10.8. The van der Waals surface area contributed by atoms with Crippen LogP contribution >= 0.6 is 11.8 Å². The van der Waals surface area contributed by atoms with Gasteiger partial charge >= 0.3 is 0 Å². The van der Waals surface area contributed by atoms with Crippen LogP contribution in [0.5, 0.6) is 5.75 Å². The average molecular weight is 437 g/mol. The van der Waals surface area contributed by atoms with E-state index in [0.29, 0.717) is 21.9 Å². The van der Waals surface area contributed by atoms with E-state index in [-0.39, 0.29) is 17.2 Å². The molecule has 0 aliphatic carbocycles. The fraction of sp³-hybridized carbons (Fsp3) is 0.261. The number of ether oxygens (including phenoxy) is 1. The molecule has 0 fully saturated rings. The van der Waals surface area contributed by atoms with Crippen LogP contribution < -0.4 is 15.6 Å². The quantitative estimate of drug-likeness (QED) is 0.381. The number of benzene rings is 2. The van der Waals surface area contributed by atoms with E-state index in [2.05, 4.69) is 5.32 Å². The van der Waals surface area contributed by atoms with E-state index in [9.17, 15) is 9.59 Å². The van der Waals surface area contributed by atoms with Crippen LogP contribution in [0.1, 0.15) is 11.1 Å². The van der Waals surface area contributed by atoms with Crippen LogP contribution in [0.25, 0.3) is 21.9 Å². The molecular weight excluding hydrogens is 412 g/mol. The monoisotopic (exact) mass is 436 g/mol. The molecule has 2 heterocycles. The summed E-state index contributed by atoms with van der Waals surface area (Å²) in [7, 11) is 5.14. The maximum atomic E-state index is 13.1. The van der Waals surface area contributed by atoms with Gasteiger partial charge in [-0.05, 0) is 49.2 Å². The molecule has 2 aromatic heterocycles. The molecule has 0 bridgehead atoms. The Labute approximate surface area is 184 Å². The highest BCUT2D eigenvalue weighted by atomic mass is 32.2. The van der Waals surface area contributed by atoms with Gasteiger partial charge in [-0.15, -0.1) is 0 Å². The van der Waals surface area contributed by atoms with Crippen molar-refractivity contribution in [2.45, 2.75) is 19.0 Å². The summed E-state index contributed by atoms with van der Waals surface area (Å²) in [5.41, 5.74) is 4.83. The lowest BCUT2D eigenvalue weighted by Gasteiger charge is -2.11. The van der Waals surface area contributed by atoms with Gasteiger partial charge in [-0.2, -0.15) is 0 Å². The van der Waals surface area contributed by atoms with Gasteiger partial charge in [-0.25, -0.2) is 4.98 Å². The van der Waals surface area contributed by atoms with E-state index in [1.54, 1.807) is 14.2 Å². The van der Waals surface area contributed by atoms with E-state index < -0.39 is 0 Å². The van der Waals surface area contributed by atoms with Crippen molar-refractivity contribution in [3.63, 3.8) is 0 Å².